The fraction of sp³-hybridized carbons (Fsp3) is 0.269. The van der Waals surface area contributed by atoms with Gasteiger partial charge in [-0.1, -0.05) is 121 Å². The summed E-state index contributed by atoms with van der Waals surface area (Å²) in [7, 11) is -0.957. The normalized spacial score (nSPS) is 10.9. The van der Waals surface area contributed by atoms with E-state index in [4.69, 9.17) is 0 Å². The molecule has 0 saturated carbocycles. The SMILES string of the molecule is C=C/C=C(\C=C/C)P(c1ccccc1)c1ccccc1C(=O)O.CC.CC.CC. The Hall–Kier alpha value is -2.44. The van der Waals surface area contributed by atoms with E-state index in [0.29, 0.717) is 5.56 Å². The predicted molar refractivity (Wildman–Crippen MR) is 133 cm³/mol. The first kappa shape index (κ1) is 28.8. The molecule has 0 spiro atoms. The molecule has 0 aliphatic rings. The largest absolute Gasteiger partial charge is 0.478 e. The van der Waals surface area contributed by atoms with Crippen LogP contribution in [0.2, 0.25) is 0 Å². The van der Waals surface area contributed by atoms with Crippen molar-refractivity contribution >= 4 is 24.5 Å². The molecule has 0 heterocycles. The molecule has 0 aliphatic heterocycles. The second-order valence-electron chi connectivity index (χ2n) is 4.82. The van der Waals surface area contributed by atoms with Crippen LogP contribution in [0.4, 0.5) is 0 Å². The average Bonchev–Trinajstić information content (AvgIpc) is 2.79. The summed E-state index contributed by atoms with van der Waals surface area (Å²) in [6.07, 6.45) is 7.70. The Balaban J connectivity index is 0. The maximum absolute atomic E-state index is 11.6. The zero-order chi connectivity index (χ0) is 22.7. The number of allylic oxidation sites excluding steroid dienone is 5. The molecule has 0 fully saturated rings. The zero-order valence-electron chi connectivity index (χ0n) is 19.0. The Morgan fingerprint density at radius 2 is 1.41 bits per heavy atom. The second-order valence-corrected chi connectivity index (χ2v) is 7.01. The van der Waals surface area contributed by atoms with Crippen LogP contribution in [0.15, 0.2) is 90.8 Å². The lowest BCUT2D eigenvalue weighted by Gasteiger charge is -2.21. The number of benzene rings is 2. The number of hydrogen-bond donors (Lipinski definition) is 1. The van der Waals surface area contributed by atoms with Gasteiger partial charge in [0.2, 0.25) is 0 Å². The third-order valence-corrected chi connectivity index (χ3v) is 5.77. The van der Waals surface area contributed by atoms with Crippen LogP contribution in [0.5, 0.6) is 0 Å². The summed E-state index contributed by atoms with van der Waals surface area (Å²) in [6, 6.07) is 17.2. The van der Waals surface area contributed by atoms with Crippen LogP contribution in [0.1, 0.15) is 58.8 Å². The Kier molecular flexibility index (Phi) is 18.7. The highest BCUT2D eigenvalue weighted by molar-refractivity contribution is 7.77. The van der Waals surface area contributed by atoms with Gasteiger partial charge in [0.25, 0.3) is 0 Å². The number of aromatic carboxylic acids is 1. The maximum atomic E-state index is 11.6. The number of rotatable bonds is 6. The van der Waals surface area contributed by atoms with Crippen molar-refractivity contribution in [2.75, 3.05) is 0 Å². The molecule has 2 rings (SSSR count). The fourth-order valence-electron chi connectivity index (χ4n) is 2.35. The van der Waals surface area contributed by atoms with Crippen molar-refractivity contribution in [3.05, 3.63) is 96.4 Å². The molecule has 2 aromatic rings. The van der Waals surface area contributed by atoms with E-state index >= 15 is 0 Å². The van der Waals surface area contributed by atoms with Gasteiger partial charge >= 0.3 is 5.97 Å². The summed E-state index contributed by atoms with van der Waals surface area (Å²) in [5.74, 6) is -0.900. The Labute approximate surface area is 179 Å². The van der Waals surface area contributed by atoms with Gasteiger partial charge in [0.15, 0.2) is 0 Å². The Morgan fingerprint density at radius 1 is 0.897 bits per heavy atom. The van der Waals surface area contributed by atoms with Crippen molar-refractivity contribution in [1.82, 2.24) is 0 Å². The van der Waals surface area contributed by atoms with Crippen molar-refractivity contribution in [3.8, 4) is 0 Å². The van der Waals surface area contributed by atoms with Crippen molar-refractivity contribution in [2.24, 2.45) is 0 Å². The predicted octanol–water partition coefficient (Wildman–Crippen LogP) is 7.54. The number of carbonyl (C=O) groups is 1. The number of carboxylic acids is 1. The molecule has 0 saturated heterocycles. The molecule has 0 radical (unpaired) electrons. The van der Waals surface area contributed by atoms with E-state index in [9.17, 15) is 9.90 Å². The van der Waals surface area contributed by atoms with E-state index in [1.165, 1.54) is 0 Å². The summed E-state index contributed by atoms with van der Waals surface area (Å²) in [5, 5.41) is 12.6. The first-order chi connectivity index (χ1) is 14.2. The van der Waals surface area contributed by atoms with Gasteiger partial charge in [-0.2, -0.15) is 0 Å². The van der Waals surface area contributed by atoms with Crippen LogP contribution in [0.25, 0.3) is 0 Å². The molecule has 2 aromatic carbocycles. The zero-order valence-corrected chi connectivity index (χ0v) is 19.9. The number of carboxylic acid groups (broad SMARTS) is 1. The molecule has 1 unspecified atom stereocenters. The standard InChI is InChI=1S/C20H19O2P.3C2H6/c1-3-10-16(11-4-2)23(17-12-6-5-7-13-17)19-15-9-8-14-18(19)20(21)22;3*1-2/h3-15H,1H2,2H3,(H,21,22);3*1-2H3/b11-4-,16-10+;;;. The maximum Gasteiger partial charge on any atom is 0.336 e. The van der Waals surface area contributed by atoms with Crippen LogP contribution >= 0.6 is 7.92 Å². The van der Waals surface area contributed by atoms with Gasteiger partial charge in [-0.05, 0) is 36.8 Å². The Morgan fingerprint density at radius 3 is 1.90 bits per heavy atom. The topological polar surface area (TPSA) is 37.3 Å². The highest BCUT2D eigenvalue weighted by Gasteiger charge is 2.22. The van der Waals surface area contributed by atoms with Gasteiger partial charge in [-0.3, -0.25) is 0 Å². The van der Waals surface area contributed by atoms with Crippen molar-refractivity contribution in [1.29, 1.82) is 0 Å². The van der Waals surface area contributed by atoms with E-state index in [2.05, 4.69) is 6.58 Å². The van der Waals surface area contributed by atoms with E-state index in [1.54, 1.807) is 18.2 Å². The molecule has 29 heavy (non-hydrogen) atoms. The highest BCUT2D eigenvalue weighted by Crippen LogP contribution is 2.44. The monoisotopic (exact) mass is 412 g/mol. The average molecular weight is 413 g/mol. The van der Waals surface area contributed by atoms with Crippen LogP contribution in [-0.2, 0) is 0 Å². The second kappa shape index (κ2) is 18.9. The summed E-state index contributed by atoms with van der Waals surface area (Å²) < 4.78 is 0. The molecule has 2 nitrogen and oxygen atoms in total. The molecule has 1 N–H and O–H groups in total. The van der Waals surface area contributed by atoms with Gasteiger partial charge in [0, 0.05) is 0 Å². The molecule has 3 heteroatoms. The van der Waals surface area contributed by atoms with Gasteiger partial charge in [-0.15, -0.1) is 0 Å². The molecular weight excluding hydrogens is 375 g/mol. The Bertz CT molecular complexity index is 746. The van der Waals surface area contributed by atoms with E-state index in [1.807, 2.05) is 109 Å². The minimum atomic E-state index is -0.957. The van der Waals surface area contributed by atoms with Crippen LogP contribution < -0.4 is 10.6 Å². The summed E-state index contributed by atoms with van der Waals surface area (Å²) in [6.45, 7) is 17.8. The van der Waals surface area contributed by atoms with Crippen molar-refractivity contribution in [2.45, 2.75) is 48.5 Å². The molecule has 1 atom stereocenters. The first-order valence-corrected chi connectivity index (χ1v) is 11.7. The van der Waals surface area contributed by atoms with E-state index < -0.39 is 13.9 Å². The lowest BCUT2D eigenvalue weighted by atomic mass is 10.2. The number of hydrogen-bond acceptors (Lipinski definition) is 1. The third-order valence-electron chi connectivity index (χ3n) is 3.27. The smallest absolute Gasteiger partial charge is 0.336 e. The molecule has 0 aromatic heterocycles. The fourth-order valence-corrected chi connectivity index (χ4v) is 4.87. The summed E-state index contributed by atoms with van der Waals surface area (Å²) in [5.41, 5.74) is 0.349. The lowest BCUT2D eigenvalue weighted by Crippen LogP contribution is -2.19. The first-order valence-electron chi connectivity index (χ1n) is 10.3. The quantitative estimate of drug-likeness (QED) is 0.393. The third kappa shape index (κ3) is 9.54. The highest BCUT2D eigenvalue weighted by atomic mass is 31.1. The minimum absolute atomic E-state index is 0.349. The van der Waals surface area contributed by atoms with Crippen LogP contribution in [0, 0.1) is 0 Å². The summed E-state index contributed by atoms with van der Waals surface area (Å²) in [4.78, 5) is 11.6. The van der Waals surface area contributed by atoms with Gasteiger partial charge in [0.1, 0.15) is 0 Å². The minimum Gasteiger partial charge on any atom is -0.478 e. The molecule has 0 bridgehead atoms. The van der Waals surface area contributed by atoms with E-state index in [0.717, 1.165) is 15.9 Å². The van der Waals surface area contributed by atoms with Gasteiger partial charge < -0.3 is 5.11 Å². The van der Waals surface area contributed by atoms with Gasteiger partial charge in [-0.25, -0.2) is 4.79 Å². The molecule has 0 aliphatic carbocycles. The van der Waals surface area contributed by atoms with E-state index in [-0.39, 0.29) is 0 Å². The van der Waals surface area contributed by atoms with Crippen LogP contribution in [0.3, 0.4) is 0 Å². The van der Waals surface area contributed by atoms with Crippen molar-refractivity contribution in [3.63, 3.8) is 0 Å². The van der Waals surface area contributed by atoms with Crippen molar-refractivity contribution < 1.29 is 9.90 Å². The van der Waals surface area contributed by atoms with Crippen LogP contribution in [-0.4, -0.2) is 11.1 Å². The van der Waals surface area contributed by atoms with Gasteiger partial charge in [0.05, 0.1) is 5.56 Å². The summed E-state index contributed by atoms with van der Waals surface area (Å²) >= 11 is 0. The molecular formula is C26H37O2P. The lowest BCUT2D eigenvalue weighted by molar-refractivity contribution is 0.0698. The molecule has 158 valence electrons. The molecule has 0 amide bonds.